The maximum Gasteiger partial charge on any atom is 0.387 e. The van der Waals surface area contributed by atoms with Gasteiger partial charge in [0.2, 0.25) is 0 Å². The number of hydrogen-bond acceptors (Lipinski definition) is 5. The number of nitrogens with zero attached hydrogens (tertiary/aromatic N) is 3. The molecule has 0 saturated heterocycles. The lowest BCUT2D eigenvalue weighted by molar-refractivity contribution is -0.0512. The average Bonchev–Trinajstić information content (AvgIpc) is 2.61. The summed E-state index contributed by atoms with van der Waals surface area (Å²) in [6, 6.07) is 9.03. The molecular formula is C18H16F3N3O2. The van der Waals surface area contributed by atoms with E-state index in [1.807, 2.05) is 0 Å². The van der Waals surface area contributed by atoms with E-state index in [4.69, 9.17) is 4.74 Å². The average molecular weight is 363 g/mol. The largest absolute Gasteiger partial charge is 0.493 e. The van der Waals surface area contributed by atoms with Crippen molar-refractivity contribution in [1.29, 1.82) is 0 Å². The molecule has 1 heterocycles. The summed E-state index contributed by atoms with van der Waals surface area (Å²) in [5.74, 6) is 0.305. The number of halogens is 3. The maximum absolute atomic E-state index is 13.6. The summed E-state index contributed by atoms with van der Waals surface area (Å²) in [6.45, 7) is -2.61. The van der Waals surface area contributed by atoms with Crippen LogP contribution in [-0.2, 0) is 6.54 Å². The van der Waals surface area contributed by atoms with Gasteiger partial charge in [-0.3, -0.25) is 0 Å². The molecule has 3 rings (SSSR count). The SMILES string of the molecule is COc1ccc(CN(C)c2ncnc3ccc(F)cc23)cc1OC(F)F. The monoisotopic (exact) mass is 363 g/mol. The van der Waals surface area contributed by atoms with E-state index in [1.165, 1.54) is 31.6 Å². The van der Waals surface area contributed by atoms with Crippen molar-refractivity contribution < 1.29 is 22.6 Å². The van der Waals surface area contributed by atoms with Crippen LogP contribution in [0.15, 0.2) is 42.7 Å². The molecule has 0 spiro atoms. The first-order chi connectivity index (χ1) is 12.5. The van der Waals surface area contributed by atoms with Crippen LogP contribution >= 0.6 is 0 Å². The second-order valence-electron chi connectivity index (χ2n) is 5.58. The Hall–Kier alpha value is -3.03. The van der Waals surface area contributed by atoms with Crippen LogP contribution in [0.2, 0.25) is 0 Å². The second-order valence-corrected chi connectivity index (χ2v) is 5.58. The molecule has 5 nitrogen and oxygen atoms in total. The Morgan fingerprint density at radius 3 is 2.62 bits per heavy atom. The topological polar surface area (TPSA) is 47.5 Å². The Kier molecular flexibility index (Phi) is 5.11. The summed E-state index contributed by atoms with van der Waals surface area (Å²) >= 11 is 0. The van der Waals surface area contributed by atoms with E-state index < -0.39 is 6.61 Å². The van der Waals surface area contributed by atoms with Crippen molar-refractivity contribution in [1.82, 2.24) is 9.97 Å². The number of methoxy groups -OCH3 is 1. The predicted molar refractivity (Wildman–Crippen MR) is 91.2 cm³/mol. The van der Waals surface area contributed by atoms with Gasteiger partial charge in [-0.2, -0.15) is 8.78 Å². The highest BCUT2D eigenvalue weighted by Crippen LogP contribution is 2.31. The van der Waals surface area contributed by atoms with Gasteiger partial charge in [-0.05, 0) is 35.9 Å². The quantitative estimate of drug-likeness (QED) is 0.662. The lowest BCUT2D eigenvalue weighted by Crippen LogP contribution is -2.18. The summed E-state index contributed by atoms with van der Waals surface area (Å²) in [6.07, 6.45) is 1.39. The van der Waals surface area contributed by atoms with Crippen molar-refractivity contribution in [2.45, 2.75) is 13.2 Å². The lowest BCUT2D eigenvalue weighted by atomic mass is 10.1. The number of benzene rings is 2. The molecule has 0 atom stereocenters. The number of fused-ring (bicyclic) bond motifs is 1. The van der Waals surface area contributed by atoms with Crippen molar-refractivity contribution in [3.05, 3.63) is 54.1 Å². The zero-order valence-electron chi connectivity index (χ0n) is 14.1. The Bertz CT molecular complexity index is 921. The number of anilines is 1. The van der Waals surface area contributed by atoms with Gasteiger partial charge in [0.15, 0.2) is 11.5 Å². The molecule has 0 N–H and O–H groups in total. The molecule has 3 aromatic rings. The fourth-order valence-electron chi connectivity index (χ4n) is 2.68. The third-order valence-electron chi connectivity index (χ3n) is 3.80. The van der Waals surface area contributed by atoms with Crippen molar-refractivity contribution in [2.24, 2.45) is 0 Å². The Balaban J connectivity index is 1.91. The van der Waals surface area contributed by atoms with Crippen LogP contribution in [-0.4, -0.2) is 30.7 Å². The first-order valence-corrected chi connectivity index (χ1v) is 7.71. The Morgan fingerprint density at radius 2 is 1.88 bits per heavy atom. The maximum atomic E-state index is 13.6. The zero-order valence-corrected chi connectivity index (χ0v) is 14.1. The highest BCUT2D eigenvalue weighted by atomic mass is 19.3. The van der Waals surface area contributed by atoms with Gasteiger partial charge in [-0.1, -0.05) is 6.07 Å². The number of hydrogen-bond donors (Lipinski definition) is 0. The Labute approximate surface area is 148 Å². The van der Waals surface area contributed by atoms with Crippen LogP contribution in [0.5, 0.6) is 11.5 Å². The van der Waals surface area contributed by atoms with Crippen LogP contribution < -0.4 is 14.4 Å². The molecular weight excluding hydrogens is 347 g/mol. The molecule has 0 aliphatic heterocycles. The first kappa shape index (κ1) is 17.8. The van der Waals surface area contributed by atoms with Gasteiger partial charge in [-0.25, -0.2) is 14.4 Å². The van der Waals surface area contributed by atoms with Crippen LogP contribution in [0.3, 0.4) is 0 Å². The molecule has 0 radical (unpaired) electrons. The normalized spacial score (nSPS) is 11.0. The molecule has 0 saturated carbocycles. The molecule has 1 aromatic heterocycles. The third-order valence-corrected chi connectivity index (χ3v) is 3.80. The minimum Gasteiger partial charge on any atom is -0.493 e. The summed E-state index contributed by atoms with van der Waals surface area (Å²) in [5, 5.41) is 0.563. The number of rotatable bonds is 6. The Morgan fingerprint density at radius 1 is 1.08 bits per heavy atom. The van der Waals surface area contributed by atoms with E-state index in [9.17, 15) is 13.2 Å². The zero-order chi connectivity index (χ0) is 18.7. The van der Waals surface area contributed by atoms with E-state index in [0.717, 1.165) is 0 Å². The van der Waals surface area contributed by atoms with Gasteiger partial charge in [-0.15, -0.1) is 0 Å². The van der Waals surface area contributed by atoms with Crippen molar-refractivity contribution >= 4 is 16.7 Å². The summed E-state index contributed by atoms with van der Waals surface area (Å²) < 4.78 is 48.3. The number of ether oxygens (including phenoxy) is 2. The van der Waals surface area contributed by atoms with Gasteiger partial charge in [0.25, 0.3) is 0 Å². The minimum atomic E-state index is -2.95. The van der Waals surface area contributed by atoms with Gasteiger partial charge >= 0.3 is 6.61 Å². The van der Waals surface area contributed by atoms with Gasteiger partial charge in [0.05, 0.1) is 12.6 Å². The van der Waals surface area contributed by atoms with Crippen molar-refractivity contribution in [3.8, 4) is 11.5 Å². The number of aromatic nitrogens is 2. The fraction of sp³-hybridized carbons (Fsp3) is 0.222. The molecule has 136 valence electrons. The van der Waals surface area contributed by atoms with Crippen LogP contribution in [0.1, 0.15) is 5.56 Å². The molecule has 8 heteroatoms. The van der Waals surface area contributed by atoms with Crippen LogP contribution in [0.25, 0.3) is 10.9 Å². The molecule has 0 amide bonds. The summed E-state index contributed by atoms with van der Waals surface area (Å²) in [4.78, 5) is 10.1. The standard InChI is InChI=1S/C18H16F3N3O2/c1-24(17-13-8-12(19)4-5-14(13)22-10-23-17)9-11-3-6-15(25-2)16(7-11)26-18(20)21/h3-8,10,18H,9H2,1-2H3. The first-order valence-electron chi connectivity index (χ1n) is 7.71. The third kappa shape index (κ3) is 3.79. The molecule has 0 aliphatic carbocycles. The van der Waals surface area contributed by atoms with E-state index in [-0.39, 0.29) is 17.3 Å². The molecule has 0 aliphatic rings. The lowest BCUT2D eigenvalue weighted by Gasteiger charge is -2.20. The summed E-state index contributed by atoms with van der Waals surface area (Å²) in [7, 11) is 3.14. The number of alkyl halides is 2. The van der Waals surface area contributed by atoms with Crippen molar-refractivity contribution in [3.63, 3.8) is 0 Å². The summed E-state index contributed by atoms with van der Waals surface area (Å²) in [5.41, 5.74) is 1.31. The molecule has 26 heavy (non-hydrogen) atoms. The van der Waals surface area contributed by atoms with Gasteiger partial charge in [0, 0.05) is 19.0 Å². The fourth-order valence-corrected chi connectivity index (χ4v) is 2.68. The van der Waals surface area contributed by atoms with E-state index in [0.29, 0.717) is 28.8 Å². The molecule has 0 unspecified atom stereocenters. The van der Waals surface area contributed by atoms with Crippen molar-refractivity contribution in [2.75, 3.05) is 19.1 Å². The van der Waals surface area contributed by atoms with Gasteiger partial charge in [0.1, 0.15) is 18.0 Å². The highest BCUT2D eigenvalue weighted by Gasteiger charge is 2.14. The van der Waals surface area contributed by atoms with Gasteiger partial charge < -0.3 is 14.4 Å². The second kappa shape index (κ2) is 7.47. The van der Waals surface area contributed by atoms with Crippen LogP contribution in [0.4, 0.5) is 19.0 Å². The van der Waals surface area contributed by atoms with E-state index in [1.54, 1.807) is 30.1 Å². The predicted octanol–water partition coefficient (Wildman–Crippen LogP) is 4.02. The van der Waals surface area contributed by atoms with E-state index >= 15 is 0 Å². The molecule has 2 aromatic carbocycles. The smallest absolute Gasteiger partial charge is 0.387 e. The molecule has 0 bridgehead atoms. The molecule has 0 fully saturated rings. The van der Waals surface area contributed by atoms with E-state index in [2.05, 4.69) is 14.7 Å². The van der Waals surface area contributed by atoms with Crippen LogP contribution in [0, 0.1) is 5.82 Å². The minimum absolute atomic E-state index is 0.0491. The highest BCUT2D eigenvalue weighted by molar-refractivity contribution is 5.89.